The second kappa shape index (κ2) is 6.07. The number of thiocarbonyl (C=S) groups is 1. The molecule has 6 nitrogen and oxygen atoms in total. The van der Waals surface area contributed by atoms with E-state index >= 15 is 0 Å². The van der Waals surface area contributed by atoms with Crippen LogP contribution in [-0.2, 0) is 4.79 Å². The average Bonchev–Trinajstić information content (AvgIpc) is 2.41. The second-order valence-electron chi connectivity index (χ2n) is 4.00. The Bertz CT molecular complexity index is 641. The zero-order chi connectivity index (χ0) is 14.5. The standard InChI is InChI=1S/C13H13N5OS/c1-8(19)17-9-2-4-10(5-3-9)18-13-11(12(14)20)15-6-7-16-13/h2-7H,1H3,(H2,14,20)(H,16,18)(H,17,19). The van der Waals surface area contributed by atoms with E-state index < -0.39 is 0 Å². The molecule has 0 aliphatic heterocycles. The van der Waals surface area contributed by atoms with Crippen molar-refractivity contribution < 1.29 is 4.79 Å². The second-order valence-corrected chi connectivity index (χ2v) is 4.44. The van der Waals surface area contributed by atoms with Crippen molar-refractivity contribution in [3.63, 3.8) is 0 Å². The van der Waals surface area contributed by atoms with Crippen LogP contribution in [0, 0.1) is 0 Å². The van der Waals surface area contributed by atoms with E-state index in [-0.39, 0.29) is 10.9 Å². The molecule has 1 heterocycles. The Hall–Kier alpha value is -2.54. The van der Waals surface area contributed by atoms with Crippen molar-refractivity contribution in [1.29, 1.82) is 0 Å². The summed E-state index contributed by atoms with van der Waals surface area (Å²) < 4.78 is 0. The molecule has 4 N–H and O–H groups in total. The number of carbonyl (C=O) groups excluding carboxylic acids is 1. The molecular formula is C13H13N5OS. The summed E-state index contributed by atoms with van der Waals surface area (Å²) in [5.41, 5.74) is 7.54. The van der Waals surface area contributed by atoms with Crippen molar-refractivity contribution in [3.8, 4) is 0 Å². The normalized spacial score (nSPS) is 9.85. The number of hydrogen-bond donors (Lipinski definition) is 3. The zero-order valence-electron chi connectivity index (χ0n) is 10.8. The third kappa shape index (κ3) is 3.48. The molecule has 0 atom stereocenters. The molecule has 7 heteroatoms. The smallest absolute Gasteiger partial charge is 0.221 e. The fourth-order valence-corrected chi connectivity index (χ4v) is 1.74. The first-order chi connectivity index (χ1) is 9.56. The number of rotatable bonds is 4. The highest BCUT2D eigenvalue weighted by Crippen LogP contribution is 2.19. The van der Waals surface area contributed by atoms with Gasteiger partial charge in [-0.1, -0.05) is 12.2 Å². The molecule has 0 spiro atoms. The Labute approximate surface area is 121 Å². The van der Waals surface area contributed by atoms with Gasteiger partial charge in [-0.2, -0.15) is 0 Å². The number of anilines is 3. The van der Waals surface area contributed by atoms with Crippen LogP contribution in [0.1, 0.15) is 12.6 Å². The minimum Gasteiger partial charge on any atom is -0.388 e. The van der Waals surface area contributed by atoms with Crippen LogP contribution in [-0.4, -0.2) is 20.9 Å². The van der Waals surface area contributed by atoms with Gasteiger partial charge >= 0.3 is 0 Å². The number of amides is 1. The van der Waals surface area contributed by atoms with Crippen molar-refractivity contribution in [2.45, 2.75) is 6.92 Å². The van der Waals surface area contributed by atoms with Crippen LogP contribution in [0.4, 0.5) is 17.2 Å². The lowest BCUT2D eigenvalue weighted by Crippen LogP contribution is -2.14. The van der Waals surface area contributed by atoms with Gasteiger partial charge in [0.15, 0.2) is 5.82 Å². The minimum atomic E-state index is -0.115. The molecule has 0 fully saturated rings. The van der Waals surface area contributed by atoms with Gasteiger partial charge in [0.2, 0.25) is 5.91 Å². The predicted octanol–water partition coefficient (Wildman–Crippen LogP) is 1.81. The van der Waals surface area contributed by atoms with Crippen LogP contribution in [0.3, 0.4) is 0 Å². The van der Waals surface area contributed by atoms with E-state index in [9.17, 15) is 4.79 Å². The molecule has 0 radical (unpaired) electrons. The summed E-state index contributed by atoms with van der Waals surface area (Å²) in [5.74, 6) is 0.377. The highest BCUT2D eigenvalue weighted by Gasteiger charge is 2.07. The lowest BCUT2D eigenvalue weighted by molar-refractivity contribution is -0.114. The topological polar surface area (TPSA) is 92.9 Å². The van der Waals surface area contributed by atoms with Gasteiger partial charge in [-0.15, -0.1) is 0 Å². The maximum absolute atomic E-state index is 10.9. The summed E-state index contributed by atoms with van der Waals surface area (Å²) in [6.07, 6.45) is 3.08. The number of aromatic nitrogens is 2. The van der Waals surface area contributed by atoms with Gasteiger partial charge in [-0.05, 0) is 24.3 Å². The van der Waals surface area contributed by atoms with Crippen molar-refractivity contribution in [3.05, 3.63) is 42.4 Å². The number of nitrogens with zero attached hydrogens (tertiary/aromatic N) is 2. The molecule has 0 unspecified atom stereocenters. The monoisotopic (exact) mass is 287 g/mol. The van der Waals surface area contributed by atoms with Gasteiger partial charge in [-0.3, -0.25) is 4.79 Å². The van der Waals surface area contributed by atoms with Crippen molar-refractivity contribution in [2.75, 3.05) is 10.6 Å². The fraction of sp³-hybridized carbons (Fsp3) is 0.0769. The molecule has 1 amide bonds. The maximum atomic E-state index is 10.9. The number of hydrogen-bond acceptors (Lipinski definition) is 5. The maximum Gasteiger partial charge on any atom is 0.221 e. The van der Waals surface area contributed by atoms with Crippen LogP contribution >= 0.6 is 12.2 Å². The van der Waals surface area contributed by atoms with E-state index in [0.29, 0.717) is 11.5 Å². The Morgan fingerprint density at radius 2 is 1.75 bits per heavy atom. The SMILES string of the molecule is CC(=O)Nc1ccc(Nc2nccnc2C(N)=S)cc1. The van der Waals surface area contributed by atoms with Crippen molar-refractivity contribution in [1.82, 2.24) is 9.97 Å². The Kier molecular flexibility index (Phi) is 4.21. The van der Waals surface area contributed by atoms with Gasteiger partial charge in [0, 0.05) is 30.7 Å². The summed E-state index contributed by atoms with van der Waals surface area (Å²) in [7, 11) is 0. The molecule has 0 aliphatic rings. The Morgan fingerprint density at radius 3 is 2.35 bits per heavy atom. The summed E-state index contributed by atoms with van der Waals surface area (Å²) in [6.45, 7) is 1.46. The summed E-state index contributed by atoms with van der Waals surface area (Å²) in [4.78, 5) is 19.4. The zero-order valence-corrected chi connectivity index (χ0v) is 11.6. The average molecular weight is 287 g/mol. The van der Waals surface area contributed by atoms with Gasteiger partial charge < -0.3 is 16.4 Å². The van der Waals surface area contributed by atoms with E-state index in [1.807, 2.05) is 12.1 Å². The van der Waals surface area contributed by atoms with E-state index in [4.69, 9.17) is 18.0 Å². The molecule has 0 bridgehead atoms. The first kappa shape index (κ1) is 13.9. The van der Waals surface area contributed by atoms with Crippen LogP contribution < -0.4 is 16.4 Å². The molecule has 2 rings (SSSR count). The Balaban J connectivity index is 2.18. The first-order valence-corrected chi connectivity index (χ1v) is 6.22. The van der Waals surface area contributed by atoms with Crippen molar-refractivity contribution >= 4 is 40.3 Å². The molecule has 20 heavy (non-hydrogen) atoms. The number of benzene rings is 1. The molecule has 0 aliphatic carbocycles. The summed E-state index contributed by atoms with van der Waals surface area (Å²) in [6, 6.07) is 7.17. The van der Waals surface area contributed by atoms with Crippen LogP contribution in [0.25, 0.3) is 0 Å². The Morgan fingerprint density at radius 1 is 1.15 bits per heavy atom. The highest BCUT2D eigenvalue weighted by atomic mass is 32.1. The molecule has 2 aromatic rings. The lowest BCUT2D eigenvalue weighted by atomic mass is 10.2. The quantitative estimate of drug-likeness (QED) is 0.743. The molecule has 1 aromatic heterocycles. The first-order valence-electron chi connectivity index (χ1n) is 5.82. The van der Waals surface area contributed by atoms with E-state index in [1.165, 1.54) is 13.1 Å². The molecule has 0 saturated carbocycles. The van der Waals surface area contributed by atoms with Gasteiger partial charge in [0.1, 0.15) is 10.7 Å². The highest BCUT2D eigenvalue weighted by molar-refractivity contribution is 7.80. The molecule has 0 saturated heterocycles. The lowest BCUT2D eigenvalue weighted by Gasteiger charge is -2.09. The summed E-state index contributed by atoms with van der Waals surface area (Å²) in [5, 5.41) is 5.77. The number of nitrogens with one attached hydrogen (secondary N) is 2. The van der Waals surface area contributed by atoms with Gasteiger partial charge in [0.05, 0.1) is 0 Å². The molecule has 102 valence electrons. The molecule has 1 aromatic carbocycles. The van der Waals surface area contributed by atoms with E-state index in [1.54, 1.807) is 18.3 Å². The van der Waals surface area contributed by atoms with Gasteiger partial charge in [-0.25, -0.2) is 9.97 Å². The van der Waals surface area contributed by atoms with Crippen molar-refractivity contribution in [2.24, 2.45) is 5.73 Å². The third-order valence-corrected chi connectivity index (χ3v) is 2.59. The van der Waals surface area contributed by atoms with Crippen LogP contribution in [0.15, 0.2) is 36.7 Å². The van der Waals surface area contributed by atoms with Gasteiger partial charge in [0.25, 0.3) is 0 Å². The number of nitrogens with two attached hydrogens (primary N) is 1. The predicted molar refractivity (Wildman–Crippen MR) is 81.9 cm³/mol. The van der Waals surface area contributed by atoms with E-state index in [2.05, 4.69) is 20.6 Å². The molecular weight excluding hydrogens is 274 g/mol. The third-order valence-electron chi connectivity index (χ3n) is 2.40. The number of carbonyl (C=O) groups is 1. The minimum absolute atomic E-state index is 0.115. The largest absolute Gasteiger partial charge is 0.388 e. The van der Waals surface area contributed by atoms with Crippen LogP contribution in [0.5, 0.6) is 0 Å². The fourth-order valence-electron chi connectivity index (χ4n) is 1.59. The van der Waals surface area contributed by atoms with Crippen LogP contribution in [0.2, 0.25) is 0 Å². The van der Waals surface area contributed by atoms with E-state index in [0.717, 1.165) is 11.4 Å². The summed E-state index contributed by atoms with van der Waals surface area (Å²) >= 11 is 4.92.